The van der Waals surface area contributed by atoms with Crippen molar-refractivity contribution in [1.29, 1.82) is 0 Å². The van der Waals surface area contributed by atoms with Gasteiger partial charge in [0.15, 0.2) is 0 Å². The molecule has 20 heavy (non-hydrogen) atoms. The normalized spacial score (nSPS) is 29.4. The van der Waals surface area contributed by atoms with Gasteiger partial charge in [-0.05, 0) is 38.1 Å². The first kappa shape index (κ1) is 15.3. The number of rotatable bonds is 4. The van der Waals surface area contributed by atoms with Gasteiger partial charge in [-0.1, -0.05) is 26.2 Å². The topological polar surface area (TPSA) is 75.4 Å². The number of amides is 2. The molecule has 1 heterocycles. The third-order valence-electron chi connectivity index (χ3n) is 4.97. The number of hydrogen-bond acceptors (Lipinski definition) is 3. The zero-order valence-electron chi connectivity index (χ0n) is 12.6. The molecule has 2 amide bonds. The van der Waals surface area contributed by atoms with E-state index < -0.39 is 6.04 Å². The van der Waals surface area contributed by atoms with E-state index in [1.54, 1.807) is 4.90 Å². The van der Waals surface area contributed by atoms with E-state index in [1.165, 1.54) is 19.3 Å². The van der Waals surface area contributed by atoms with Crippen LogP contribution in [0.25, 0.3) is 0 Å². The lowest BCUT2D eigenvalue weighted by atomic mass is 9.83. The van der Waals surface area contributed by atoms with Crippen molar-refractivity contribution < 1.29 is 9.59 Å². The minimum Gasteiger partial charge on any atom is -0.368 e. The number of carbonyl (C=O) groups is 2. The summed E-state index contributed by atoms with van der Waals surface area (Å²) >= 11 is 0. The zero-order chi connectivity index (χ0) is 14.7. The predicted molar refractivity (Wildman–Crippen MR) is 77.9 cm³/mol. The Hall–Kier alpha value is -1.10. The monoisotopic (exact) mass is 281 g/mol. The highest BCUT2D eigenvalue weighted by Crippen LogP contribution is 2.30. The van der Waals surface area contributed by atoms with Crippen LogP contribution < -0.4 is 11.1 Å². The minimum atomic E-state index is -0.429. The number of likely N-dealkylation sites (tertiary alicyclic amines) is 1. The van der Waals surface area contributed by atoms with Crippen LogP contribution in [0.4, 0.5) is 0 Å². The molecular weight excluding hydrogens is 254 g/mol. The molecule has 2 aliphatic rings. The van der Waals surface area contributed by atoms with Crippen LogP contribution in [0, 0.1) is 11.8 Å². The summed E-state index contributed by atoms with van der Waals surface area (Å²) in [6.07, 6.45) is 6.73. The maximum Gasteiger partial charge on any atom is 0.240 e. The predicted octanol–water partition coefficient (Wildman–Crippen LogP) is 0.877. The lowest BCUT2D eigenvalue weighted by molar-refractivity contribution is -0.141. The van der Waals surface area contributed by atoms with Crippen LogP contribution in [0.15, 0.2) is 0 Å². The fourth-order valence-electron chi connectivity index (χ4n) is 3.84. The molecule has 0 bridgehead atoms. The number of nitrogens with zero attached hydrogens (tertiary/aromatic N) is 1. The summed E-state index contributed by atoms with van der Waals surface area (Å²) in [5, 5.41) is 3.18. The largest absolute Gasteiger partial charge is 0.368 e. The molecule has 1 aliphatic heterocycles. The molecule has 3 N–H and O–H groups in total. The van der Waals surface area contributed by atoms with Crippen molar-refractivity contribution in [3.05, 3.63) is 0 Å². The van der Waals surface area contributed by atoms with E-state index in [4.69, 9.17) is 5.73 Å². The van der Waals surface area contributed by atoms with Crippen LogP contribution in [0.2, 0.25) is 0 Å². The highest BCUT2D eigenvalue weighted by atomic mass is 16.2. The van der Waals surface area contributed by atoms with Gasteiger partial charge in [-0.3, -0.25) is 9.59 Å². The molecule has 114 valence electrons. The smallest absolute Gasteiger partial charge is 0.240 e. The summed E-state index contributed by atoms with van der Waals surface area (Å²) in [6.45, 7) is 2.65. The van der Waals surface area contributed by atoms with Crippen LogP contribution >= 0.6 is 0 Å². The van der Waals surface area contributed by atoms with Crippen molar-refractivity contribution in [3.63, 3.8) is 0 Å². The summed E-state index contributed by atoms with van der Waals surface area (Å²) < 4.78 is 0. The Bertz CT molecular complexity index is 366. The third kappa shape index (κ3) is 2.97. The van der Waals surface area contributed by atoms with Crippen molar-refractivity contribution in [3.8, 4) is 0 Å². The van der Waals surface area contributed by atoms with Gasteiger partial charge in [-0.15, -0.1) is 0 Å². The molecule has 0 radical (unpaired) electrons. The summed E-state index contributed by atoms with van der Waals surface area (Å²) in [5.41, 5.74) is 5.48. The van der Waals surface area contributed by atoms with Gasteiger partial charge in [0.05, 0.1) is 6.04 Å². The average molecular weight is 281 g/mol. The molecule has 0 aromatic carbocycles. The van der Waals surface area contributed by atoms with Crippen LogP contribution in [0.5, 0.6) is 0 Å². The molecule has 1 saturated carbocycles. The van der Waals surface area contributed by atoms with E-state index in [2.05, 4.69) is 5.32 Å². The summed E-state index contributed by atoms with van der Waals surface area (Å²) in [5.74, 6) is 0.250. The molecule has 2 unspecified atom stereocenters. The summed E-state index contributed by atoms with van der Waals surface area (Å²) in [6, 6.07) is -0.593. The van der Waals surface area contributed by atoms with Gasteiger partial charge in [-0.2, -0.15) is 0 Å². The number of likely N-dealkylation sites (N-methyl/N-ethyl adjacent to an activating group) is 1. The molecule has 2 rings (SSSR count). The average Bonchev–Trinajstić information content (AvgIpc) is 2.82. The van der Waals surface area contributed by atoms with Crippen molar-refractivity contribution in [2.75, 3.05) is 13.6 Å². The molecule has 5 nitrogen and oxygen atoms in total. The lowest BCUT2D eigenvalue weighted by Gasteiger charge is -2.34. The summed E-state index contributed by atoms with van der Waals surface area (Å²) in [4.78, 5) is 26.1. The minimum absolute atomic E-state index is 0.0625. The molecule has 1 saturated heterocycles. The number of primary amides is 1. The number of hydrogen-bond donors (Lipinski definition) is 2. The van der Waals surface area contributed by atoms with Crippen molar-refractivity contribution >= 4 is 11.8 Å². The second kappa shape index (κ2) is 6.57. The van der Waals surface area contributed by atoms with Gasteiger partial charge in [-0.25, -0.2) is 0 Å². The first-order valence-electron chi connectivity index (χ1n) is 7.83. The summed E-state index contributed by atoms with van der Waals surface area (Å²) in [7, 11) is 1.84. The van der Waals surface area contributed by atoms with E-state index >= 15 is 0 Å². The fourth-order valence-corrected chi connectivity index (χ4v) is 3.84. The van der Waals surface area contributed by atoms with Crippen molar-refractivity contribution in [1.82, 2.24) is 10.2 Å². The Morgan fingerprint density at radius 2 is 1.85 bits per heavy atom. The van der Waals surface area contributed by atoms with E-state index in [9.17, 15) is 9.59 Å². The van der Waals surface area contributed by atoms with Gasteiger partial charge < -0.3 is 16.0 Å². The SMILES string of the molecule is CNC(C(=O)N1CC[C@H](C)C1C(N)=O)C1CCCCC1. The number of carbonyl (C=O) groups excluding carboxylic acids is 2. The highest BCUT2D eigenvalue weighted by molar-refractivity contribution is 5.90. The molecule has 0 spiro atoms. The Kier molecular flexibility index (Phi) is 5.02. The van der Waals surface area contributed by atoms with E-state index in [0.29, 0.717) is 12.5 Å². The molecule has 0 aromatic rings. The second-order valence-electron chi connectivity index (χ2n) is 6.31. The maximum atomic E-state index is 12.8. The van der Waals surface area contributed by atoms with Gasteiger partial charge in [0.2, 0.25) is 11.8 Å². The third-order valence-corrected chi connectivity index (χ3v) is 4.97. The first-order valence-corrected chi connectivity index (χ1v) is 7.83. The molecule has 3 atom stereocenters. The first-order chi connectivity index (χ1) is 9.56. The van der Waals surface area contributed by atoms with E-state index in [-0.39, 0.29) is 23.8 Å². The molecule has 1 aliphatic carbocycles. The fraction of sp³-hybridized carbons (Fsp3) is 0.867. The van der Waals surface area contributed by atoms with Crippen LogP contribution in [-0.2, 0) is 9.59 Å². The molecule has 2 fully saturated rings. The molecule has 0 aromatic heterocycles. The van der Waals surface area contributed by atoms with Crippen LogP contribution in [0.1, 0.15) is 45.4 Å². The van der Waals surface area contributed by atoms with Crippen molar-refractivity contribution in [2.45, 2.75) is 57.5 Å². The standard InChI is InChI=1S/C15H27N3O2/c1-10-8-9-18(13(10)14(16)19)15(20)12(17-2)11-6-4-3-5-7-11/h10-13,17H,3-9H2,1-2H3,(H2,16,19)/t10-,12?,13?/m0/s1. The molecule has 5 heteroatoms. The van der Waals surface area contributed by atoms with Crippen LogP contribution in [0.3, 0.4) is 0 Å². The van der Waals surface area contributed by atoms with E-state index in [1.807, 2.05) is 14.0 Å². The number of nitrogens with one attached hydrogen (secondary N) is 1. The van der Waals surface area contributed by atoms with Gasteiger partial charge >= 0.3 is 0 Å². The van der Waals surface area contributed by atoms with Crippen molar-refractivity contribution in [2.24, 2.45) is 17.6 Å². The Morgan fingerprint density at radius 1 is 1.20 bits per heavy atom. The lowest BCUT2D eigenvalue weighted by Crippen LogP contribution is -2.54. The second-order valence-corrected chi connectivity index (χ2v) is 6.31. The Morgan fingerprint density at radius 3 is 2.40 bits per heavy atom. The molecular formula is C15H27N3O2. The van der Waals surface area contributed by atoms with Gasteiger partial charge in [0.25, 0.3) is 0 Å². The Balaban J connectivity index is 2.09. The Labute approximate surface area is 121 Å². The number of nitrogens with two attached hydrogens (primary N) is 1. The quantitative estimate of drug-likeness (QED) is 0.803. The van der Waals surface area contributed by atoms with Crippen LogP contribution in [-0.4, -0.2) is 42.4 Å². The highest BCUT2D eigenvalue weighted by Gasteiger charge is 2.41. The van der Waals surface area contributed by atoms with Gasteiger partial charge in [0, 0.05) is 6.54 Å². The van der Waals surface area contributed by atoms with E-state index in [0.717, 1.165) is 19.3 Å². The maximum absolute atomic E-state index is 12.8. The zero-order valence-corrected chi connectivity index (χ0v) is 12.6. The van der Waals surface area contributed by atoms with Gasteiger partial charge in [0.1, 0.15) is 6.04 Å².